The highest BCUT2D eigenvalue weighted by Gasteiger charge is 2.42. The Morgan fingerprint density at radius 1 is 0.886 bits per heavy atom. The Kier molecular flexibility index (Phi) is 7.18. The van der Waals surface area contributed by atoms with Crippen LogP contribution in [0.2, 0.25) is 0 Å². The average Bonchev–Trinajstić information content (AvgIpc) is 2.86. The summed E-state index contributed by atoms with van der Waals surface area (Å²) in [6, 6.07) is 15.0. The highest BCUT2D eigenvalue weighted by molar-refractivity contribution is 7.89. The van der Waals surface area contributed by atoms with Crippen LogP contribution in [0.1, 0.15) is 29.9 Å². The van der Waals surface area contributed by atoms with Crippen molar-refractivity contribution < 1.29 is 31.5 Å². The number of piperidine rings is 1. The second-order valence-electron chi connectivity index (χ2n) is 8.27. The van der Waals surface area contributed by atoms with Gasteiger partial charge in [-0.05, 0) is 47.5 Å². The lowest BCUT2D eigenvalue weighted by molar-refractivity contribution is -0.122. The zero-order valence-electron chi connectivity index (χ0n) is 19.3. The van der Waals surface area contributed by atoms with Crippen LogP contribution in [0.15, 0.2) is 71.6 Å². The van der Waals surface area contributed by atoms with E-state index in [0.29, 0.717) is 16.9 Å². The van der Waals surface area contributed by atoms with Gasteiger partial charge in [0, 0.05) is 37.4 Å². The van der Waals surface area contributed by atoms with Crippen LogP contribution in [0.25, 0.3) is 0 Å². The van der Waals surface area contributed by atoms with E-state index in [9.17, 15) is 22.0 Å². The maximum absolute atomic E-state index is 14.0. The molecule has 0 saturated carbocycles. The van der Waals surface area contributed by atoms with Crippen molar-refractivity contribution in [3.8, 4) is 11.5 Å². The first-order chi connectivity index (χ1) is 16.7. The topological polar surface area (TPSA) is 72.9 Å². The first-order valence-electron chi connectivity index (χ1n) is 11.0. The normalized spacial score (nSPS) is 16.9. The highest BCUT2D eigenvalue weighted by atomic mass is 32.2. The molecule has 3 aromatic rings. The Balaban J connectivity index is 1.87. The van der Waals surface area contributed by atoms with Crippen LogP contribution < -0.4 is 9.47 Å². The van der Waals surface area contributed by atoms with E-state index in [0.717, 1.165) is 0 Å². The third kappa shape index (κ3) is 5.06. The molecule has 0 bridgehead atoms. The molecule has 0 aliphatic carbocycles. The number of ether oxygens (including phenoxy) is 2. The van der Waals surface area contributed by atoms with Crippen LogP contribution in [0.5, 0.6) is 11.5 Å². The van der Waals surface area contributed by atoms with Crippen molar-refractivity contribution in [2.24, 2.45) is 0 Å². The van der Waals surface area contributed by atoms with Crippen molar-refractivity contribution in [3.63, 3.8) is 0 Å². The summed E-state index contributed by atoms with van der Waals surface area (Å²) in [5, 5.41) is 0. The highest BCUT2D eigenvalue weighted by Crippen LogP contribution is 2.40. The van der Waals surface area contributed by atoms with Gasteiger partial charge in [0.1, 0.15) is 33.8 Å². The van der Waals surface area contributed by atoms with Crippen LogP contribution in [-0.2, 0) is 14.8 Å². The van der Waals surface area contributed by atoms with Gasteiger partial charge in [-0.2, -0.15) is 4.31 Å². The lowest BCUT2D eigenvalue weighted by atomic mass is 9.81. The predicted molar refractivity (Wildman–Crippen MR) is 126 cm³/mol. The molecule has 1 fully saturated rings. The molecule has 6 nitrogen and oxygen atoms in total. The maximum Gasteiger partial charge on any atom is 0.247 e. The van der Waals surface area contributed by atoms with Gasteiger partial charge < -0.3 is 9.47 Å². The predicted octanol–water partition coefficient (Wildman–Crippen LogP) is 4.54. The van der Waals surface area contributed by atoms with Crippen LogP contribution in [-0.4, -0.2) is 45.3 Å². The second-order valence-corrected chi connectivity index (χ2v) is 10.1. The molecule has 35 heavy (non-hydrogen) atoms. The lowest BCUT2D eigenvalue weighted by Gasteiger charge is -2.39. The fourth-order valence-corrected chi connectivity index (χ4v) is 6.32. The second kappa shape index (κ2) is 10.1. The summed E-state index contributed by atoms with van der Waals surface area (Å²) in [4.78, 5) is 12.5. The number of methoxy groups -OCH3 is 2. The average molecular weight is 502 g/mol. The Morgan fingerprint density at radius 3 is 1.97 bits per heavy atom. The summed E-state index contributed by atoms with van der Waals surface area (Å²) in [5.74, 6) is -1.15. The Bertz CT molecular complexity index is 1270. The first kappa shape index (κ1) is 24.8. The van der Waals surface area contributed by atoms with Crippen molar-refractivity contribution in [2.75, 3.05) is 20.8 Å². The molecule has 0 radical (unpaired) electrons. The van der Waals surface area contributed by atoms with Gasteiger partial charge in [-0.25, -0.2) is 17.2 Å². The minimum atomic E-state index is -4.16. The number of carbonyl (C=O) groups excluding carboxylic acids is 1. The van der Waals surface area contributed by atoms with Crippen LogP contribution >= 0.6 is 0 Å². The van der Waals surface area contributed by atoms with Gasteiger partial charge in [-0.15, -0.1) is 0 Å². The third-order valence-electron chi connectivity index (χ3n) is 6.22. The molecule has 0 aromatic heterocycles. The van der Waals surface area contributed by atoms with Crippen molar-refractivity contribution in [1.82, 2.24) is 4.31 Å². The van der Waals surface area contributed by atoms with Gasteiger partial charge in [0.05, 0.1) is 14.2 Å². The largest absolute Gasteiger partial charge is 0.497 e. The number of hydrogen-bond donors (Lipinski definition) is 0. The molecular weight excluding hydrogens is 476 g/mol. The summed E-state index contributed by atoms with van der Waals surface area (Å²) in [7, 11) is -1.36. The van der Waals surface area contributed by atoms with E-state index in [1.165, 1.54) is 54.9 Å². The van der Waals surface area contributed by atoms with Crippen molar-refractivity contribution in [3.05, 3.63) is 89.5 Å². The fraction of sp³-hybridized carbons (Fsp3) is 0.269. The van der Waals surface area contributed by atoms with Crippen LogP contribution in [0, 0.1) is 11.6 Å². The van der Waals surface area contributed by atoms with Crippen LogP contribution in [0.3, 0.4) is 0 Å². The molecule has 0 N–H and O–H groups in total. The van der Waals surface area contributed by atoms with E-state index in [-0.39, 0.29) is 35.8 Å². The molecule has 1 saturated heterocycles. The summed E-state index contributed by atoms with van der Waals surface area (Å²) < 4.78 is 67.2. The molecule has 1 unspecified atom stereocenters. The lowest BCUT2D eigenvalue weighted by Crippen LogP contribution is -2.49. The van der Waals surface area contributed by atoms with Gasteiger partial charge in [0.15, 0.2) is 0 Å². The quantitative estimate of drug-likeness (QED) is 0.476. The molecule has 1 heterocycles. The van der Waals surface area contributed by atoms with Gasteiger partial charge >= 0.3 is 0 Å². The molecule has 1 aliphatic rings. The summed E-state index contributed by atoms with van der Waals surface area (Å²) in [6.07, 6.45) is 0.00645. The Morgan fingerprint density at radius 2 is 1.46 bits per heavy atom. The van der Waals surface area contributed by atoms with Gasteiger partial charge in [0.2, 0.25) is 10.0 Å². The van der Waals surface area contributed by atoms with E-state index >= 15 is 0 Å². The molecule has 0 spiro atoms. The van der Waals surface area contributed by atoms with E-state index in [4.69, 9.17) is 9.47 Å². The fourth-order valence-electron chi connectivity index (χ4n) is 4.51. The van der Waals surface area contributed by atoms with E-state index in [2.05, 4.69) is 0 Å². The Labute approximate surface area is 203 Å². The molecule has 1 aliphatic heterocycles. The van der Waals surface area contributed by atoms with Crippen molar-refractivity contribution >= 4 is 15.8 Å². The zero-order chi connectivity index (χ0) is 25.2. The van der Waals surface area contributed by atoms with E-state index < -0.39 is 33.6 Å². The number of nitrogens with zero attached hydrogens (tertiary/aromatic N) is 1. The number of rotatable bonds is 7. The standard InChI is InChI=1S/C26H25F2NO5S/c1-33-22-11-12-24(34-2)25(16-22)35(31,32)29-14-13-21(30)15-23(29)26(17-3-7-19(27)8-4-17)18-5-9-20(28)10-6-18/h3-12,16,23,26H,13-15H2,1-2H3. The van der Waals surface area contributed by atoms with Crippen molar-refractivity contribution in [1.29, 1.82) is 0 Å². The SMILES string of the molecule is COc1ccc(OC)c(S(=O)(=O)N2CCC(=O)CC2C(c2ccc(F)cc2)c2ccc(F)cc2)c1. The van der Waals surface area contributed by atoms with Gasteiger partial charge in [-0.3, -0.25) is 4.79 Å². The number of ketones is 1. The van der Waals surface area contributed by atoms with Crippen LogP contribution in [0.4, 0.5) is 8.78 Å². The first-order valence-corrected chi connectivity index (χ1v) is 12.4. The molecule has 1 atom stereocenters. The van der Waals surface area contributed by atoms with Gasteiger partial charge in [-0.1, -0.05) is 24.3 Å². The summed E-state index contributed by atoms with van der Waals surface area (Å²) in [6.45, 7) is -0.0366. The van der Waals surface area contributed by atoms with E-state index in [1.54, 1.807) is 30.3 Å². The number of sulfonamides is 1. The number of Topliss-reactive ketones (excluding diaryl/α,β-unsaturated/α-hetero) is 1. The minimum Gasteiger partial charge on any atom is -0.497 e. The Hall–Kier alpha value is -3.30. The van der Waals surface area contributed by atoms with Crippen molar-refractivity contribution in [2.45, 2.75) is 29.7 Å². The number of hydrogen-bond acceptors (Lipinski definition) is 5. The molecule has 0 amide bonds. The number of carbonyl (C=O) groups is 1. The molecule has 184 valence electrons. The summed E-state index contributed by atoms with van der Waals surface area (Å²) >= 11 is 0. The monoisotopic (exact) mass is 501 g/mol. The molecule has 4 rings (SSSR count). The number of halogens is 2. The smallest absolute Gasteiger partial charge is 0.247 e. The van der Waals surface area contributed by atoms with E-state index in [1.807, 2.05) is 0 Å². The number of benzene rings is 3. The molecule has 9 heteroatoms. The molecule has 3 aromatic carbocycles. The maximum atomic E-state index is 14.0. The zero-order valence-corrected chi connectivity index (χ0v) is 20.1. The van der Waals surface area contributed by atoms with Gasteiger partial charge in [0.25, 0.3) is 0 Å². The third-order valence-corrected chi connectivity index (χ3v) is 8.16. The molecular formula is C26H25F2NO5S. The summed E-state index contributed by atoms with van der Waals surface area (Å²) in [5.41, 5.74) is 1.21. The minimum absolute atomic E-state index is 0.0366.